The van der Waals surface area contributed by atoms with Crippen LogP contribution in [0.25, 0.3) is 0 Å². The van der Waals surface area contributed by atoms with Gasteiger partial charge in [0.05, 0.1) is 0 Å². The SMILES string of the molecule is Cc1cccc(C(=O)N[C@@H](C)C(=O)OCC(=O)NC(C)(C)C)c1. The van der Waals surface area contributed by atoms with Crippen molar-refractivity contribution >= 4 is 17.8 Å². The maximum atomic E-state index is 12.0. The Morgan fingerprint density at radius 1 is 1.22 bits per heavy atom. The Kier molecular flexibility index (Phi) is 6.30. The Labute approximate surface area is 136 Å². The highest BCUT2D eigenvalue weighted by Crippen LogP contribution is 2.04. The highest BCUT2D eigenvalue weighted by atomic mass is 16.5. The predicted molar refractivity (Wildman–Crippen MR) is 87.0 cm³/mol. The lowest BCUT2D eigenvalue weighted by molar-refractivity contribution is -0.150. The van der Waals surface area contributed by atoms with Crippen LogP contribution in [-0.4, -0.2) is 36.0 Å². The lowest BCUT2D eigenvalue weighted by Gasteiger charge is -2.20. The van der Waals surface area contributed by atoms with Crippen LogP contribution in [0.3, 0.4) is 0 Å². The number of carbonyl (C=O) groups excluding carboxylic acids is 3. The molecule has 0 bridgehead atoms. The maximum absolute atomic E-state index is 12.0. The Morgan fingerprint density at radius 2 is 1.87 bits per heavy atom. The van der Waals surface area contributed by atoms with Crippen molar-refractivity contribution < 1.29 is 19.1 Å². The minimum atomic E-state index is -0.842. The van der Waals surface area contributed by atoms with E-state index in [1.54, 1.807) is 18.2 Å². The van der Waals surface area contributed by atoms with Gasteiger partial charge >= 0.3 is 5.97 Å². The predicted octanol–water partition coefficient (Wildman–Crippen LogP) is 1.57. The summed E-state index contributed by atoms with van der Waals surface area (Å²) in [6.45, 7) is 8.51. The fraction of sp³-hybridized carbons (Fsp3) is 0.471. The first-order chi connectivity index (χ1) is 10.6. The molecule has 0 fully saturated rings. The van der Waals surface area contributed by atoms with Gasteiger partial charge in [-0.15, -0.1) is 0 Å². The van der Waals surface area contributed by atoms with E-state index in [0.717, 1.165) is 5.56 Å². The standard InChI is InChI=1S/C17H24N2O4/c1-11-7-6-8-13(9-11)15(21)18-12(2)16(22)23-10-14(20)19-17(3,4)5/h6-9,12H,10H2,1-5H3,(H,18,21)(H,19,20)/t12-/m0/s1. The van der Waals surface area contributed by atoms with Gasteiger partial charge in [-0.2, -0.15) is 0 Å². The first-order valence-corrected chi connectivity index (χ1v) is 7.43. The van der Waals surface area contributed by atoms with Crippen molar-refractivity contribution in [3.05, 3.63) is 35.4 Å². The topological polar surface area (TPSA) is 84.5 Å². The Bertz CT molecular complexity index is 591. The van der Waals surface area contributed by atoms with Gasteiger partial charge in [0.2, 0.25) is 0 Å². The third-order valence-electron chi connectivity index (χ3n) is 2.84. The van der Waals surface area contributed by atoms with Crippen LogP contribution in [0, 0.1) is 6.92 Å². The van der Waals surface area contributed by atoms with Crippen molar-refractivity contribution in [2.24, 2.45) is 0 Å². The summed E-state index contributed by atoms with van der Waals surface area (Å²) in [6, 6.07) is 6.19. The van der Waals surface area contributed by atoms with Crippen molar-refractivity contribution in [1.29, 1.82) is 0 Å². The van der Waals surface area contributed by atoms with Crippen molar-refractivity contribution in [1.82, 2.24) is 10.6 Å². The molecule has 126 valence electrons. The summed E-state index contributed by atoms with van der Waals surface area (Å²) in [5.74, 6) is -1.41. The molecule has 6 heteroatoms. The highest BCUT2D eigenvalue weighted by Gasteiger charge is 2.20. The molecular formula is C17H24N2O4. The van der Waals surface area contributed by atoms with E-state index in [4.69, 9.17) is 4.74 Å². The fourth-order valence-electron chi connectivity index (χ4n) is 1.84. The second-order valence-electron chi connectivity index (χ2n) is 6.47. The zero-order chi connectivity index (χ0) is 17.6. The van der Waals surface area contributed by atoms with Crippen molar-refractivity contribution in [2.75, 3.05) is 6.61 Å². The molecular weight excluding hydrogens is 296 g/mol. The van der Waals surface area contributed by atoms with Crippen LogP contribution in [0.4, 0.5) is 0 Å². The fourth-order valence-corrected chi connectivity index (χ4v) is 1.84. The molecule has 0 heterocycles. The Balaban J connectivity index is 2.48. The molecule has 0 aliphatic rings. The number of ether oxygens (including phenoxy) is 1. The molecule has 0 aromatic heterocycles. The summed E-state index contributed by atoms with van der Waals surface area (Å²) in [6.07, 6.45) is 0. The second-order valence-corrected chi connectivity index (χ2v) is 6.47. The molecule has 0 saturated carbocycles. The first kappa shape index (κ1) is 18.7. The van der Waals surface area contributed by atoms with E-state index in [-0.39, 0.29) is 18.4 Å². The third-order valence-corrected chi connectivity index (χ3v) is 2.84. The van der Waals surface area contributed by atoms with E-state index < -0.39 is 17.6 Å². The number of esters is 1. The lowest BCUT2D eigenvalue weighted by Crippen LogP contribution is -2.44. The third kappa shape index (κ3) is 6.95. The van der Waals surface area contributed by atoms with Gasteiger partial charge in [-0.1, -0.05) is 17.7 Å². The number of carbonyl (C=O) groups is 3. The molecule has 0 saturated heterocycles. The lowest BCUT2D eigenvalue weighted by atomic mass is 10.1. The Hall–Kier alpha value is -2.37. The molecule has 1 rings (SSSR count). The van der Waals surface area contributed by atoms with Crippen LogP contribution < -0.4 is 10.6 Å². The van der Waals surface area contributed by atoms with Gasteiger partial charge in [0.25, 0.3) is 11.8 Å². The van der Waals surface area contributed by atoms with E-state index in [2.05, 4.69) is 10.6 Å². The maximum Gasteiger partial charge on any atom is 0.328 e. The number of nitrogens with one attached hydrogen (secondary N) is 2. The highest BCUT2D eigenvalue weighted by molar-refractivity contribution is 5.97. The molecule has 0 unspecified atom stereocenters. The molecule has 1 aromatic rings. The molecule has 0 radical (unpaired) electrons. The van der Waals surface area contributed by atoms with E-state index in [0.29, 0.717) is 5.56 Å². The second kappa shape index (κ2) is 7.76. The zero-order valence-corrected chi connectivity index (χ0v) is 14.2. The molecule has 0 aliphatic carbocycles. The summed E-state index contributed by atoms with van der Waals surface area (Å²) >= 11 is 0. The van der Waals surface area contributed by atoms with E-state index >= 15 is 0 Å². The quantitative estimate of drug-likeness (QED) is 0.807. The number of hydrogen-bond donors (Lipinski definition) is 2. The van der Waals surface area contributed by atoms with Crippen LogP contribution in [0.15, 0.2) is 24.3 Å². The molecule has 6 nitrogen and oxygen atoms in total. The largest absolute Gasteiger partial charge is 0.454 e. The summed E-state index contributed by atoms with van der Waals surface area (Å²) in [5, 5.41) is 5.23. The first-order valence-electron chi connectivity index (χ1n) is 7.43. The summed E-state index contributed by atoms with van der Waals surface area (Å²) in [4.78, 5) is 35.5. The average Bonchev–Trinajstić information content (AvgIpc) is 2.42. The summed E-state index contributed by atoms with van der Waals surface area (Å²) in [7, 11) is 0. The smallest absolute Gasteiger partial charge is 0.328 e. The zero-order valence-electron chi connectivity index (χ0n) is 14.2. The van der Waals surface area contributed by atoms with Crippen molar-refractivity contribution in [2.45, 2.75) is 46.2 Å². The Morgan fingerprint density at radius 3 is 2.43 bits per heavy atom. The molecule has 23 heavy (non-hydrogen) atoms. The van der Waals surface area contributed by atoms with Gasteiger partial charge in [0, 0.05) is 11.1 Å². The molecule has 0 spiro atoms. The van der Waals surface area contributed by atoms with E-state index in [1.165, 1.54) is 6.92 Å². The normalized spacial score (nSPS) is 12.2. The average molecular weight is 320 g/mol. The number of benzene rings is 1. The van der Waals surface area contributed by atoms with Crippen LogP contribution in [0.5, 0.6) is 0 Å². The van der Waals surface area contributed by atoms with Gasteiger partial charge < -0.3 is 15.4 Å². The van der Waals surface area contributed by atoms with Crippen molar-refractivity contribution in [3.8, 4) is 0 Å². The number of amides is 2. The number of aryl methyl sites for hydroxylation is 1. The van der Waals surface area contributed by atoms with Crippen LogP contribution in [-0.2, 0) is 14.3 Å². The number of rotatable bonds is 5. The van der Waals surface area contributed by atoms with Gasteiger partial charge in [-0.05, 0) is 46.8 Å². The minimum absolute atomic E-state index is 0.364. The van der Waals surface area contributed by atoms with Gasteiger partial charge in [0.1, 0.15) is 6.04 Å². The summed E-state index contributed by atoms with van der Waals surface area (Å²) < 4.78 is 4.91. The summed E-state index contributed by atoms with van der Waals surface area (Å²) in [5.41, 5.74) is 1.02. The minimum Gasteiger partial charge on any atom is -0.454 e. The van der Waals surface area contributed by atoms with Crippen LogP contribution in [0.1, 0.15) is 43.6 Å². The van der Waals surface area contributed by atoms with Gasteiger partial charge in [0.15, 0.2) is 6.61 Å². The van der Waals surface area contributed by atoms with Crippen LogP contribution in [0.2, 0.25) is 0 Å². The molecule has 1 aromatic carbocycles. The molecule has 2 amide bonds. The van der Waals surface area contributed by atoms with Crippen molar-refractivity contribution in [3.63, 3.8) is 0 Å². The molecule has 0 aliphatic heterocycles. The van der Waals surface area contributed by atoms with E-state index in [9.17, 15) is 14.4 Å². The monoisotopic (exact) mass is 320 g/mol. The van der Waals surface area contributed by atoms with Gasteiger partial charge in [-0.25, -0.2) is 4.79 Å². The van der Waals surface area contributed by atoms with Gasteiger partial charge in [-0.3, -0.25) is 9.59 Å². The molecule has 2 N–H and O–H groups in total. The number of hydrogen-bond acceptors (Lipinski definition) is 4. The van der Waals surface area contributed by atoms with E-state index in [1.807, 2.05) is 33.8 Å². The molecule has 1 atom stereocenters. The van der Waals surface area contributed by atoms with Crippen LogP contribution >= 0.6 is 0 Å².